The van der Waals surface area contributed by atoms with Gasteiger partial charge < -0.3 is 15.3 Å². The molecule has 0 spiro atoms. The van der Waals surface area contributed by atoms with Crippen molar-refractivity contribution in [2.24, 2.45) is 11.1 Å². The van der Waals surface area contributed by atoms with Crippen LogP contribution in [0.3, 0.4) is 0 Å². The molecule has 0 radical (unpaired) electrons. The monoisotopic (exact) mass is 249 g/mol. The lowest BCUT2D eigenvalue weighted by molar-refractivity contribution is -0.130. The lowest BCUT2D eigenvalue weighted by Gasteiger charge is -2.23. The molecule has 0 aromatic heterocycles. The van der Waals surface area contributed by atoms with E-state index in [9.17, 15) is 9.59 Å². The molecule has 0 saturated carbocycles. The van der Waals surface area contributed by atoms with Gasteiger partial charge in [0.1, 0.15) is 6.29 Å². The maximum absolute atomic E-state index is 11.3. The molecule has 4 heteroatoms. The van der Waals surface area contributed by atoms with Gasteiger partial charge in [-0.05, 0) is 12.0 Å². The topological polar surface area (TPSA) is 69.4 Å². The molecule has 4 nitrogen and oxygen atoms in total. The van der Waals surface area contributed by atoms with E-state index in [1.54, 1.807) is 6.92 Å². The second-order valence-corrected chi connectivity index (χ2v) is 4.58. The number of ether oxygens (including phenoxy) is 1. The standard InChI is InChI=1S/C14H19NO3/c1-14(7-9-16,13(15)17)8-10-18-11-12-5-3-2-4-6-12/h2-6,9H,7-8,10-11H2,1H3,(H2,15,17)/t14-/m0/s1. The van der Waals surface area contributed by atoms with Crippen LogP contribution < -0.4 is 5.73 Å². The van der Waals surface area contributed by atoms with Gasteiger partial charge in [0.05, 0.1) is 12.0 Å². The molecule has 1 aromatic carbocycles. The van der Waals surface area contributed by atoms with Crippen molar-refractivity contribution >= 4 is 12.2 Å². The second-order valence-electron chi connectivity index (χ2n) is 4.58. The minimum Gasteiger partial charge on any atom is -0.377 e. The smallest absolute Gasteiger partial charge is 0.223 e. The number of aldehydes is 1. The Labute approximate surface area is 107 Å². The van der Waals surface area contributed by atoms with Gasteiger partial charge in [0.2, 0.25) is 5.91 Å². The van der Waals surface area contributed by atoms with Crippen LogP contribution in [0.1, 0.15) is 25.3 Å². The first-order chi connectivity index (χ1) is 8.58. The summed E-state index contributed by atoms with van der Waals surface area (Å²) in [5, 5.41) is 0. The third kappa shape index (κ3) is 4.30. The lowest BCUT2D eigenvalue weighted by atomic mass is 9.83. The molecule has 1 aromatic rings. The number of carbonyl (C=O) groups is 2. The highest BCUT2D eigenvalue weighted by Gasteiger charge is 2.30. The zero-order valence-electron chi connectivity index (χ0n) is 10.6. The maximum atomic E-state index is 11.3. The van der Waals surface area contributed by atoms with Crippen LogP contribution in [0.4, 0.5) is 0 Å². The molecule has 18 heavy (non-hydrogen) atoms. The third-order valence-corrected chi connectivity index (χ3v) is 3.04. The average molecular weight is 249 g/mol. The van der Waals surface area contributed by atoms with Crippen molar-refractivity contribution in [3.8, 4) is 0 Å². The molecule has 98 valence electrons. The normalized spacial score (nSPS) is 13.8. The van der Waals surface area contributed by atoms with Crippen LogP contribution >= 0.6 is 0 Å². The zero-order valence-corrected chi connectivity index (χ0v) is 10.6. The van der Waals surface area contributed by atoms with Crippen molar-refractivity contribution in [1.82, 2.24) is 0 Å². The Balaban J connectivity index is 2.36. The molecule has 0 saturated heterocycles. The molecular weight excluding hydrogens is 230 g/mol. The van der Waals surface area contributed by atoms with Crippen molar-refractivity contribution in [2.45, 2.75) is 26.4 Å². The molecule has 0 heterocycles. The summed E-state index contributed by atoms with van der Waals surface area (Å²) in [4.78, 5) is 21.8. The molecule has 1 rings (SSSR count). The zero-order chi connectivity index (χ0) is 13.4. The summed E-state index contributed by atoms with van der Waals surface area (Å²) in [6.07, 6.45) is 1.31. The fourth-order valence-electron chi connectivity index (χ4n) is 1.57. The van der Waals surface area contributed by atoms with E-state index < -0.39 is 11.3 Å². The Bertz CT molecular complexity index is 391. The predicted molar refractivity (Wildman–Crippen MR) is 68.7 cm³/mol. The van der Waals surface area contributed by atoms with Crippen LogP contribution in [0, 0.1) is 5.41 Å². The van der Waals surface area contributed by atoms with Crippen LogP contribution in [-0.4, -0.2) is 18.8 Å². The summed E-state index contributed by atoms with van der Waals surface area (Å²) in [5.41, 5.74) is 5.57. The largest absolute Gasteiger partial charge is 0.377 e. The van der Waals surface area contributed by atoms with Crippen molar-refractivity contribution in [1.29, 1.82) is 0 Å². The number of nitrogens with two attached hydrogens (primary N) is 1. The number of rotatable bonds is 8. The van der Waals surface area contributed by atoms with E-state index in [0.29, 0.717) is 19.6 Å². The van der Waals surface area contributed by atoms with Crippen LogP contribution in [0.5, 0.6) is 0 Å². The third-order valence-electron chi connectivity index (χ3n) is 3.04. The van der Waals surface area contributed by atoms with Gasteiger partial charge in [0, 0.05) is 13.0 Å². The number of carbonyl (C=O) groups excluding carboxylic acids is 2. The fourth-order valence-corrected chi connectivity index (χ4v) is 1.57. The summed E-state index contributed by atoms with van der Waals surface area (Å²) in [6, 6.07) is 9.77. The number of amides is 1. The van der Waals surface area contributed by atoms with Gasteiger partial charge in [-0.25, -0.2) is 0 Å². The first-order valence-corrected chi connectivity index (χ1v) is 5.94. The van der Waals surface area contributed by atoms with Gasteiger partial charge in [-0.15, -0.1) is 0 Å². The second kappa shape index (κ2) is 6.91. The summed E-state index contributed by atoms with van der Waals surface area (Å²) in [5.74, 6) is -0.460. The fraction of sp³-hybridized carbons (Fsp3) is 0.429. The molecule has 0 bridgehead atoms. The molecule has 0 aliphatic carbocycles. The van der Waals surface area contributed by atoms with E-state index in [1.165, 1.54) is 0 Å². The van der Waals surface area contributed by atoms with E-state index in [-0.39, 0.29) is 6.42 Å². The van der Waals surface area contributed by atoms with E-state index in [1.807, 2.05) is 30.3 Å². The summed E-state index contributed by atoms with van der Waals surface area (Å²) < 4.78 is 5.49. The average Bonchev–Trinajstić information content (AvgIpc) is 2.36. The highest BCUT2D eigenvalue weighted by molar-refractivity contribution is 5.82. The van der Waals surface area contributed by atoms with Gasteiger partial charge in [-0.1, -0.05) is 37.3 Å². The number of benzene rings is 1. The SMILES string of the molecule is C[C@](CC=O)(CCOCc1ccccc1)C(N)=O. The molecule has 0 aliphatic rings. The van der Waals surface area contributed by atoms with Gasteiger partial charge in [0.25, 0.3) is 0 Å². The van der Waals surface area contributed by atoms with Crippen LogP contribution in [0.25, 0.3) is 0 Å². The molecule has 0 aliphatic heterocycles. The van der Waals surface area contributed by atoms with Crippen molar-refractivity contribution < 1.29 is 14.3 Å². The Kier molecular flexibility index (Phi) is 5.52. The summed E-state index contributed by atoms with van der Waals surface area (Å²) in [6.45, 7) is 2.59. The predicted octanol–water partition coefficient (Wildman–Crippen LogP) is 1.67. The quantitative estimate of drug-likeness (QED) is 0.563. The van der Waals surface area contributed by atoms with E-state index in [0.717, 1.165) is 11.8 Å². The molecule has 0 unspecified atom stereocenters. The van der Waals surface area contributed by atoms with E-state index >= 15 is 0 Å². The first-order valence-electron chi connectivity index (χ1n) is 5.94. The Morgan fingerprint density at radius 2 is 2.06 bits per heavy atom. The Morgan fingerprint density at radius 3 is 2.61 bits per heavy atom. The molecule has 1 amide bonds. The molecule has 1 atom stereocenters. The van der Waals surface area contributed by atoms with Crippen LogP contribution in [-0.2, 0) is 20.9 Å². The van der Waals surface area contributed by atoms with Crippen LogP contribution in [0.2, 0.25) is 0 Å². The van der Waals surface area contributed by atoms with Crippen molar-refractivity contribution in [3.63, 3.8) is 0 Å². The highest BCUT2D eigenvalue weighted by atomic mass is 16.5. The van der Waals surface area contributed by atoms with Gasteiger partial charge in [-0.3, -0.25) is 4.79 Å². The highest BCUT2D eigenvalue weighted by Crippen LogP contribution is 2.24. The van der Waals surface area contributed by atoms with Crippen LogP contribution in [0.15, 0.2) is 30.3 Å². The van der Waals surface area contributed by atoms with Crippen molar-refractivity contribution in [2.75, 3.05) is 6.61 Å². The lowest BCUT2D eigenvalue weighted by Crippen LogP contribution is -2.35. The first kappa shape index (κ1) is 14.4. The van der Waals surface area contributed by atoms with Gasteiger partial charge >= 0.3 is 0 Å². The minimum absolute atomic E-state index is 0.136. The van der Waals surface area contributed by atoms with Crippen molar-refractivity contribution in [3.05, 3.63) is 35.9 Å². The van der Waals surface area contributed by atoms with Gasteiger partial charge in [-0.2, -0.15) is 0 Å². The summed E-state index contributed by atoms with van der Waals surface area (Å²) >= 11 is 0. The maximum Gasteiger partial charge on any atom is 0.223 e. The molecule has 2 N–H and O–H groups in total. The van der Waals surface area contributed by atoms with E-state index in [2.05, 4.69) is 0 Å². The molecule has 0 fully saturated rings. The number of hydrogen-bond donors (Lipinski definition) is 1. The molecular formula is C14H19NO3. The number of primary amides is 1. The Hall–Kier alpha value is -1.68. The number of hydrogen-bond acceptors (Lipinski definition) is 3. The minimum atomic E-state index is -0.807. The summed E-state index contributed by atoms with van der Waals surface area (Å²) in [7, 11) is 0. The Morgan fingerprint density at radius 1 is 1.39 bits per heavy atom. The van der Waals surface area contributed by atoms with Gasteiger partial charge in [0.15, 0.2) is 0 Å². The van der Waals surface area contributed by atoms with E-state index in [4.69, 9.17) is 10.5 Å².